The van der Waals surface area contributed by atoms with Crippen LogP contribution < -0.4 is 10.5 Å². The van der Waals surface area contributed by atoms with Crippen LogP contribution in [0.4, 0.5) is 0 Å². The highest BCUT2D eigenvalue weighted by molar-refractivity contribution is 5.45. The molecule has 0 radical (unpaired) electrons. The second-order valence-electron chi connectivity index (χ2n) is 5.83. The van der Waals surface area contributed by atoms with Crippen LogP contribution >= 0.6 is 0 Å². The average Bonchev–Trinajstić information content (AvgIpc) is 2.25. The van der Waals surface area contributed by atoms with E-state index in [1.54, 1.807) is 7.11 Å². The smallest absolute Gasteiger partial charge is 0.122 e. The molecule has 1 rings (SSSR count). The first-order valence-corrected chi connectivity index (χ1v) is 6.33. The number of hydrogen-bond acceptors (Lipinski definition) is 3. The van der Waals surface area contributed by atoms with Gasteiger partial charge in [0.2, 0.25) is 0 Å². The van der Waals surface area contributed by atoms with Gasteiger partial charge in [0.15, 0.2) is 0 Å². The Morgan fingerprint density at radius 2 is 1.78 bits per heavy atom. The lowest BCUT2D eigenvalue weighted by Gasteiger charge is -2.28. The van der Waals surface area contributed by atoms with E-state index in [0.717, 1.165) is 22.4 Å². The van der Waals surface area contributed by atoms with Gasteiger partial charge in [0.25, 0.3) is 0 Å². The molecule has 1 aromatic carbocycles. The van der Waals surface area contributed by atoms with Crippen molar-refractivity contribution in [1.82, 2.24) is 0 Å². The maximum Gasteiger partial charge on any atom is 0.122 e. The van der Waals surface area contributed by atoms with Crippen LogP contribution in [0.15, 0.2) is 12.1 Å². The van der Waals surface area contributed by atoms with Crippen molar-refractivity contribution in [2.24, 2.45) is 5.73 Å². The first kappa shape index (κ1) is 15.0. The Bertz CT molecular complexity index is 419. The van der Waals surface area contributed by atoms with E-state index in [0.29, 0.717) is 5.92 Å². The number of methoxy groups -OCH3 is 1. The molecule has 3 N–H and O–H groups in total. The van der Waals surface area contributed by atoms with E-state index < -0.39 is 11.6 Å². The third-order valence-corrected chi connectivity index (χ3v) is 3.24. The van der Waals surface area contributed by atoms with Crippen LogP contribution in [0.3, 0.4) is 0 Å². The van der Waals surface area contributed by atoms with Crippen LogP contribution in [-0.4, -0.2) is 17.8 Å². The van der Waals surface area contributed by atoms with Crippen LogP contribution in [0.2, 0.25) is 0 Å². The Hall–Kier alpha value is -1.06. The number of aryl methyl sites for hydroxylation is 1. The van der Waals surface area contributed by atoms with E-state index in [9.17, 15) is 5.11 Å². The lowest BCUT2D eigenvalue weighted by Crippen LogP contribution is -2.39. The summed E-state index contributed by atoms with van der Waals surface area (Å²) in [6.45, 7) is 9.84. The Kier molecular flexibility index (Phi) is 4.41. The van der Waals surface area contributed by atoms with Crippen molar-refractivity contribution >= 4 is 0 Å². The van der Waals surface area contributed by atoms with Crippen molar-refractivity contribution in [3.63, 3.8) is 0 Å². The molecule has 3 heteroatoms. The summed E-state index contributed by atoms with van der Waals surface area (Å²) < 4.78 is 5.39. The molecule has 18 heavy (non-hydrogen) atoms. The van der Waals surface area contributed by atoms with Gasteiger partial charge in [-0.15, -0.1) is 0 Å². The number of benzene rings is 1. The molecule has 3 nitrogen and oxygen atoms in total. The van der Waals surface area contributed by atoms with Gasteiger partial charge < -0.3 is 15.6 Å². The molecule has 0 aliphatic carbocycles. The highest BCUT2D eigenvalue weighted by Gasteiger charge is 2.27. The van der Waals surface area contributed by atoms with Crippen molar-refractivity contribution in [2.45, 2.75) is 52.2 Å². The Balaban J connectivity index is 3.34. The summed E-state index contributed by atoms with van der Waals surface area (Å²) in [4.78, 5) is 0. The van der Waals surface area contributed by atoms with Crippen molar-refractivity contribution in [3.8, 4) is 5.75 Å². The van der Waals surface area contributed by atoms with Gasteiger partial charge in [0.1, 0.15) is 5.75 Å². The van der Waals surface area contributed by atoms with Crippen molar-refractivity contribution in [3.05, 3.63) is 28.8 Å². The standard InChI is InChI=1S/C15H25NO2/c1-9(2)11-8-12(14(17)15(4,5)16)10(3)7-13(11)18-6/h7-9,14,17H,16H2,1-6H3. The second-order valence-corrected chi connectivity index (χ2v) is 5.83. The summed E-state index contributed by atoms with van der Waals surface area (Å²) in [5, 5.41) is 10.3. The van der Waals surface area contributed by atoms with Gasteiger partial charge in [-0.3, -0.25) is 0 Å². The maximum atomic E-state index is 10.3. The maximum absolute atomic E-state index is 10.3. The molecule has 1 unspecified atom stereocenters. The van der Waals surface area contributed by atoms with Gasteiger partial charge in [-0.25, -0.2) is 0 Å². The molecule has 0 heterocycles. The zero-order valence-corrected chi connectivity index (χ0v) is 12.2. The largest absolute Gasteiger partial charge is 0.496 e. The van der Waals surface area contributed by atoms with Gasteiger partial charge in [0.05, 0.1) is 13.2 Å². The molecule has 0 fully saturated rings. The van der Waals surface area contributed by atoms with E-state index in [1.165, 1.54) is 0 Å². The van der Waals surface area contributed by atoms with E-state index in [-0.39, 0.29) is 0 Å². The van der Waals surface area contributed by atoms with Crippen molar-refractivity contribution in [2.75, 3.05) is 7.11 Å². The summed E-state index contributed by atoms with van der Waals surface area (Å²) in [5.41, 5.74) is 8.32. The highest BCUT2D eigenvalue weighted by Crippen LogP contribution is 2.34. The molecule has 1 aromatic rings. The quantitative estimate of drug-likeness (QED) is 0.865. The normalized spacial score (nSPS) is 13.8. The first-order valence-electron chi connectivity index (χ1n) is 6.33. The van der Waals surface area contributed by atoms with E-state index in [4.69, 9.17) is 10.5 Å². The summed E-state index contributed by atoms with van der Waals surface area (Å²) in [7, 11) is 1.67. The lowest BCUT2D eigenvalue weighted by atomic mass is 9.87. The molecule has 0 saturated carbocycles. The van der Waals surface area contributed by atoms with Crippen LogP contribution in [0.1, 0.15) is 56.4 Å². The summed E-state index contributed by atoms with van der Waals surface area (Å²) in [6.07, 6.45) is -0.680. The fourth-order valence-electron chi connectivity index (χ4n) is 2.04. The SMILES string of the molecule is COc1cc(C)c(C(O)C(C)(C)N)cc1C(C)C. The Morgan fingerprint density at radius 1 is 1.22 bits per heavy atom. The number of aliphatic hydroxyl groups excluding tert-OH is 1. The molecule has 0 aliphatic heterocycles. The monoisotopic (exact) mass is 251 g/mol. The predicted molar refractivity (Wildman–Crippen MR) is 75.0 cm³/mol. The molecule has 0 bridgehead atoms. The average molecular weight is 251 g/mol. The number of aliphatic hydroxyl groups is 1. The first-order chi connectivity index (χ1) is 8.18. The van der Waals surface area contributed by atoms with Crippen molar-refractivity contribution in [1.29, 1.82) is 0 Å². The second kappa shape index (κ2) is 5.29. The molecule has 0 aromatic heterocycles. The van der Waals surface area contributed by atoms with Gasteiger partial charge in [-0.05, 0) is 55.5 Å². The Labute approximate surface area is 110 Å². The fraction of sp³-hybridized carbons (Fsp3) is 0.600. The number of nitrogens with two attached hydrogens (primary N) is 1. The number of rotatable bonds is 4. The fourth-order valence-corrected chi connectivity index (χ4v) is 2.04. The molecule has 0 saturated heterocycles. The van der Waals surface area contributed by atoms with Crippen LogP contribution in [-0.2, 0) is 0 Å². The predicted octanol–water partition coefficient (Wildman–Crippen LogP) is 2.90. The van der Waals surface area contributed by atoms with E-state index in [1.807, 2.05) is 32.9 Å². The van der Waals surface area contributed by atoms with Crippen LogP contribution in [0.5, 0.6) is 5.75 Å². The molecule has 0 aliphatic rings. The summed E-state index contributed by atoms with van der Waals surface area (Å²) >= 11 is 0. The third kappa shape index (κ3) is 3.03. The Morgan fingerprint density at radius 3 is 2.17 bits per heavy atom. The van der Waals surface area contributed by atoms with Gasteiger partial charge in [-0.1, -0.05) is 13.8 Å². The van der Waals surface area contributed by atoms with E-state index >= 15 is 0 Å². The van der Waals surface area contributed by atoms with Gasteiger partial charge in [-0.2, -0.15) is 0 Å². The minimum Gasteiger partial charge on any atom is -0.496 e. The zero-order chi connectivity index (χ0) is 14.1. The lowest BCUT2D eigenvalue weighted by molar-refractivity contribution is 0.104. The number of hydrogen-bond donors (Lipinski definition) is 2. The third-order valence-electron chi connectivity index (χ3n) is 3.24. The van der Waals surface area contributed by atoms with Gasteiger partial charge in [0, 0.05) is 5.54 Å². The molecule has 1 atom stereocenters. The molecular weight excluding hydrogens is 226 g/mol. The van der Waals surface area contributed by atoms with Crippen LogP contribution in [0, 0.1) is 6.92 Å². The van der Waals surface area contributed by atoms with Crippen LogP contribution in [0.25, 0.3) is 0 Å². The molecule has 102 valence electrons. The van der Waals surface area contributed by atoms with Crippen molar-refractivity contribution < 1.29 is 9.84 Å². The molecule has 0 amide bonds. The van der Waals surface area contributed by atoms with Gasteiger partial charge >= 0.3 is 0 Å². The molecule has 0 spiro atoms. The highest BCUT2D eigenvalue weighted by atomic mass is 16.5. The number of ether oxygens (including phenoxy) is 1. The molecular formula is C15H25NO2. The minimum atomic E-state index is -0.680. The minimum absolute atomic E-state index is 0.340. The summed E-state index contributed by atoms with van der Waals surface area (Å²) in [6, 6.07) is 3.98. The zero-order valence-electron chi connectivity index (χ0n) is 12.2. The topological polar surface area (TPSA) is 55.5 Å². The van der Waals surface area contributed by atoms with E-state index in [2.05, 4.69) is 13.8 Å². The summed E-state index contributed by atoms with van der Waals surface area (Å²) in [5.74, 6) is 1.21.